The number of esters is 1. The Hall–Kier alpha value is -0.440. The van der Waals surface area contributed by atoms with E-state index < -0.39 is 0 Å². The lowest BCUT2D eigenvalue weighted by molar-refractivity contribution is -0.146. The smallest absolute Gasteiger partial charge is 0.313 e. The molecule has 0 fully saturated rings. The van der Waals surface area contributed by atoms with Crippen molar-refractivity contribution in [2.45, 2.75) is 51.9 Å². The molecule has 92 valence electrons. The van der Waals surface area contributed by atoms with Crippen LogP contribution in [-0.2, 0) is 9.53 Å². The SMILES string of the molecule is CCOC(=O)C1CCCCCCCC=C1S. The fourth-order valence-electron chi connectivity index (χ4n) is 2.04. The second-order valence-electron chi connectivity index (χ2n) is 4.28. The molecule has 0 N–H and O–H groups in total. The second-order valence-corrected chi connectivity index (χ2v) is 4.80. The van der Waals surface area contributed by atoms with Crippen LogP contribution in [0.5, 0.6) is 0 Å². The van der Waals surface area contributed by atoms with Crippen LogP contribution in [0.1, 0.15) is 51.9 Å². The standard InChI is InChI=1S/C13H22O2S/c1-2-15-13(14)11-9-7-5-3-4-6-8-10-12(11)16/h10-11,16H,2-9H2,1H3. The molecule has 0 amide bonds. The average molecular weight is 242 g/mol. The van der Waals surface area contributed by atoms with Crippen LogP contribution in [0.25, 0.3) is 0 Å². The Labute approximate surface area is 104 Å². The minimum atomic E-state index is -0.124. The van der Waals surface area contributed by atoms with Gasteiger partial charge in [0.15, 0.2) is 0 Å². The third-order valence-corrected chi connectivity index (χ3v) is 3.47. The van der Waals surface area contributed by atoms with Gasteiger partial charge in [0.1, 0.15) is 0 Å². The summed E-state index contributed by atoms with van der Waals surface area (Å²) in [6, 6.07) is 0. The number of hydrogen-bond acceptors (Lipinski definition) is 3. The molecule has 1 unspecified atom stereocenters. The molecule has 0 spiro atoms. The van der Waals surface area contributed by atoms with Gasteiger partial charge < -0.3 is 4.74 Å². The van der Waals surface area contributed by atoms with Gasteiger partial charge in [-0.05, 0) is 31.1 Å². The molecule has 16 heavy (non-hydrogen) atoms. The van der Waals surface area contributed by atoms with E-state index in [1.54, 1.807) is 0 Å². The first kappa shape index (κ1) is 13.6. The predicted molar refractivity (Wildman–Crippen MR) is 69.5 cm³/mol. The van der Waals surface area contributed by atoms with E-state index in [2.05, 4.69) is 18.7 Å². The first-order valence-electron chi connectivity index (χ1n) is 6.31. The van der Waals surface area contributed by atoms with Gasteiger partial charge in [0.2, 0.25) is 0 Å². The van der Waals surface area contributed by atoms with Crippen LogP contribution in [-0.4, -0.2) is 12.6 Å². The molecule has 0 saturated carbocycles. The van der Waals surface area contributed by atoms with Crippen molar-refractivity contribution >= 4 is 18.6 Å². The molecule has 0 bridgehead atoms. The van der Waals surface area contributed by atoms with Gasteiger partial charge in [-0.2, -0.15) is 0 Å². The number of carbonyl (C=O) groups excluding carboxylic acids is 1. The average Bonchev–Trinajstić information content (AvgIpc) is 2.27. The zero-order valence-electron chi connectivity index (χ0n) is 10.1. The Bertz CT molecular complexity index is 248. The summed E-state index contributed by atoms with van der Waals surface area (Å²) >= 11 is 4.45. The summed E-state index contributed by atoms with van der Waals surface area (Å²) in [6.07, 6.45) is 10.1. The molecule has 0 heterocycles. The van der Waals surface area contributed by atoms with Gasteiger partial charge in [0.25, 0.3) is 0 Å². The van der Waals surface area contributed by atoms with Gasteiger partial charge in [0.05, 0.1) is 12.5 Å². The molecule has 0 aromatic carbocycles. The molecule has 1 aliphatic rings. The van der Waals surface area contributed by atoms with Crippen molar-refractivity contribution in [1.29, 1.82) is 0 Å². The Kier molecular flexibility index (Phi) is 6.62. The predicted octanol–water partition coefficient (Wildman–Crippen LogP) is 3.72. The highest BCUT2D eigenvalue weighted by Crippen LogP contribution is 2.26. The Morgan fingerprint density at radius 1 is 1.38 bits per heavy atom. The van der Waals surface area contributed by atoms with Crippen molar-refractivity contribution in [1.82, 2.24) is 0 Å². The minimum absolute atomic E-state index is 0.107. The lowest BCUT2D eigenvalue weighted by Crippen LogP contribution is -2.18. The highest BCUT2D eigenvalue weighted by Gasteiger charge is 2.21. The highest BCUT2D eigenvalue weighted by molar-refractivity contribution is 7.84. The van der Waals surface area contributed by atoms with Crippen LogP contribution in [0.15, 0.2) is 11.0 Å². The molecule has 0 saturated heterocycles. The number of hydrogen-bond donors (Lipinski definition) is 1. The van der Waals surface area contributed by atoms with Crippen molar-refractivity contribution in [2.24, 2.45) is 5.92 Å². The molecule has 1 atom stereocenters. The molecule has 0 aliphatic heterocycles. The Morgan fingerprint density at radius 2 is 2.06 bits per heavy atom. The lowest BCUT2D eigenvalue weighted by Gasteiger charge is -2.16. The number of rotatable bonds is 2. The Balaban J connectivity index is 2.62. The summed E-state index contributed by atoms with van der Waals surface area (Å²) in [5, 5.41) is 0. The summed E-state index contributed by atoms with van der Waals surface area (Å²) in [7, 11) is 0. The number of ether oxygens (including phenoxy) is 1. The van der Waals surface area contributed by atoms with E-state index in [1.807, 2.05) is 6.92 Å². The molecular weight excluding hydrogens is 220 g/mol. The fraction of sp³-hybridized carbons (Fsp3) is 0.769. The van der Waals surface area contributed by atoms with Gasteiger partial charge in [-0.15, -0.1) is 12.6 Å². The van der Waals surface area contributed by atoms with Gasteiger partial charge in [-0.1, -0.05) is 31.8 Å². The number of allylic oxidation sites excluding steroid dienone is 1. The first-order valence-corrected chi connectivity index (χ1v) is 6.76. The lowest BCUT2D eigenvalue weighted by atomic mass is 9.97. The molecule has 0 aromatic rings. The third-order valence-electron chi connectivity index (χ3n) is 2.98. The topological polar surface area (TPSA) is 26.3 Å². The maximum atomic E-state index is 11.8. The maximum Gasteiger partial charge on any atom is 0.313 e. The fourth-order valence-corrected chi connectivity index (χ4v) is 2.41. The number of thiol groups is 1. The molecule has 0 aromatic heterocycles. The monoisotopic (exact) mass is 242 g/mol. The Morgan fingerprint density at radius 3 is 2.81 bits per heavy atom. The maximum absolute atomic E-state index is 11.8. The second kappa shape index (κ2) is 7.77. The van der Waals surface area contributed by atoms with Crippen LogP contribution in [0, 0.1) is 5.92 Å². The normalized spacial score (nSPS) is 23.4. The van der Waals surface area contributed by atoms with E-state index in [0.29, 0.717) is 6.61 Å². The summed E-state index contributed by atoms with van der Waals surface area (Å²) < 4.78 is 5.09. The quantitative estimate of drug-likeness (QED) is 0.590. The van der Waals surface area contributed by atoms with E-state index in [4.69, 9.17) is 4.74 Å². The van der Waals surface area contributed by atoms with Crippen LogP contribution in [0.4, 0.5) is 0 Å². The van der Waals surface area contributed by atoms with E-state index in [-0.39, 0.29) is 11.9 Å². The van der Waals surface area contributed by atoms with E-state index in [1.165, 1.54) is 25.7 Å². The van der Waals surface area contributed by atoms with E-state index in [0.717, 1.165) is 24.2 Å². The molecule has 0 radical (unpaired) electrons. The molecule has 1 rings (SSSR count). The summed E-state index contributed by atoms with van der Waals surface area (Å²) in [5.74, 6) is -0.231. The van der Waals surface area contributed by atoms with Crippen molar-refractivity contribution in [3.8, 4) is 0 Å². The van der Waals surface area contributed by atoms with Gasteiger partial charge in [0, 0.05) is 0 Å². The van der Waals surface area contributed by atoms with Crippen LogP contribution >= 0.6 is 12.6 Å². The molecule has 3 heteroatoms. The van der Waals surface area contributed by atoms with E-state index >= 15 is 0 Å². The zero-order valence-corrected chi connectivity index (χ0v) is 11.0. The first-order chi connectivity index (χ1) is 7.75. The molecule has 1 aliphatic carbocycles. The molecule has 2 nitrogen and oxygen atoms in total. The summed E-state index contributed by atoms with van der Waals surface area (Å²) in [5.41, 5.74) is 0. The minimum Gasteiger partial charge on any atom is -0.466 e. The van der Waals surface area contributed by atoms with Gasteiger partial charge in [-0.25, -0.2) is 0 Å². The third kappa shape index (κ3) is 4.60. The highest BCUT2D eigenvalue weighted by atomic mass is 32.1. The van der Waals surface area contributed by atoms with Crippen molar-refractivity contribution in [2.75, 3.05) is 6.61 Å². The van der Waals surface area contributed by atoms with Crippen molar-refractivity contribution in [3.63, 3.8) is 0 Å². The van der Waals surface area contributed by atoms with Crippen LogP contribution < -0.4 is 0 Å². The molecular formula is C13H22O2S. The number of carbonyl (C=O) groups is 1. The largest absolute Gasteiger partial charge is 0.466 e. The van der Waals surface area contributed by atoms with Crippen LogP contribution in [0.2, 0.25) is 0 Å². The van der Waals surface area contributed by atoms with Gasteiger partial charge in [-0.3, -0.25) is 4.79 Å². The summed E-state index contributed by atoms with van der Waals surface area (Å²) in [6.45, 7) is 2.30. The van der Waals surface area contributed by atoms with Crippen molar-refractivity contribution < 1.29 is 9.53 Å². The van der Waals surface area contributed by atoms with Crippen molar-refractivity contribution in [3.05, 3.63) is 11.0 Å². The van der Waals surface area contributed by atoms with Crippen LogP contribution in [0.3, 0.4) is 0 Å². The summed E-state index contributed by atoms with van der Waals surface area (Å²) in [4.78, 5) is 12.7. The zero-order chi connectivity index (χ0) is 11.8. The van der Waals surface area contributed by atoms with E-state index in [9.17, 15) is 4.79 Å². The van der Waals surface area contributed by atoms with Gasteiger partial charge >= 0.3 is 5.97 Å².